The first-order valence-corrected chi connectivity index (χ1v) is 8.92. The molecule has 0 aliphatic carbocycles. The van der Waals surface area contributed by atoms with Gasteiger partial charge in [0.1, 0.15) is 0 Å². The van der Waals surface area contributed by atoms with Crippen LogP contribution in [0.4, 0.5) is 0 Å². The van der Waals surface area contributed by atoms with Crippen LogP contribution in [0.5, 0.6) is 0 Å². The largest absolute Gasteiger partial charge is 0.329 e. The number of rotatable bonds is 5. The normalized spacial score (nSPS) is 18.0. The minimum Gasteiger partial charge on any atom is -0.329 e. The molecule has 1 aromatic rings. The summed E-state index contributed by atoms with van der Waals surface area (Å²) in [5.74, 6) is 0. The molecule has 1 aliphatic heterocycles. The Morgan fingerprint density at radius 2 is 1.95 bits per heavy atom. The van der Waals surface area contributed by atoms with Gasteiger partial charge < -0.3 is 10.6 Å². The summed E-state index contributed by atoms with van der Waals surface area (Å²) >= 11 is 0. The van der Waals surface area contributed by atoms with Crippen LogP contribution in [0.1, 0.15) is 24.0 Å². The van der Waals surface area contributed by atoms with Gasteiger partial charge in [-0.1, -0.05) is 12.1 Å². The highest BCUT2D eigenvalue weighted by Gasteiger charge is 2.25. The van der Waals surface area contributed by atoms with Gasteiger partial charge in [-0.05, 0) is 57.0 Å². The maximum absolute atomic E-state index is 12.5. The van der Waals surface area contributed by atoms with Crippen molar-refractivity contribution in [2.45, 2.75) is 37.6 Å². The van der Waals surface area contributed by atoms with Crippen LogP contribution in [-0.4, -0.2) is 45.5 Å². The molecule has 1 fully saturated rings. The van der Waals surface area contributed by atoms with Gasteiger partial charge in [0.15, 0.2) is 0 Å². The van der Waals surface area contributed by atoms with Crippen molar-refractivity contribution in [1.82, 2.24) is 9.62 Å². The van der Waals surface area contributed by atoms with Gasteiger partial charge in [0.2, 0.25) is 10.0 Å². The van der Waals surface area contributed by atoms with Crippen molar-refractivity contribution >= 4 is 10.0 Å². The van der Waals surface area contributed by atoms with Crippen LogP contribution in [0.2, 0.25) is 0 Å². The van der Waals surface area contributed by atoms with Crippen molar-refractivity contribution in [2.24, 2.45) is 5.73 Å². The Kier molecular flexibility index (Phi) is 5.37. The minimum absolute atomic E-state index is 0.0175. The van der Waals surface area contributed by atoms with Gasteiger partial charge in [0.05, 0.1) is 4.90 Å². The lowest BCUT2D eigenvalue weighted by Gasteiger charge is -2.31. The standard InChI is InChI=1S/C15H25N3O2S/c1-12-3-4-13(2)15(11-12)21(19,20)17-14-5-8-18(9-6-14)10-7-16/h3-4,11,14,17H,5-10,16H2,1-2H3. The molecule has 0 amide bonds. The van der Waals surface area contributed by atoms with Crippen molar-refractivity contribution in [3.63, 3.8) is 0 Å². The van der Waals surface area contributed by atoms with Gasteiger partial charge in [-0.3, -0.25) is 0 Å². The Morgan fingerprint density at radius 1 is 1.29 bits per heavy atom. The third-order valence-corrected chi connectivity index (χ3v) is 5.65. The number of piperidine rings is 1. The molecule has 0 spiro atoms. The second kappa shape index (κ2) is 6.87. The van der Waals surface area contributed by atoms with Crippen molar-refractivity contribution in [2.75, 3.05) is 26.2 Å². The summed E-state index contributed by atoms with van der Waals surface area (Å²) in [6, 6.07) is 5.54. The second-order valence-electron chi connectivity index (χ2n) is 5.79. The molecule has 0 bridgehead atoms. The highest BCUT2D eigenvalue weighted by molar-refractivity contribution is 7.89. The molecule has 3 N–H and O–H groups in total. The average Bonchev–Trinajstić information content (AvgIpc) is 2.43. The number of benzene rings is 1. The van der Waals surface area contributed by atoms with Crippen LogP contribution in [0, 0.1) is 13.8 Å². The first-order valence-electron chi connectivity index (χ1n) is 7.44. The number of hydrogen-bond acceptors (Lipinski definition) is 4. The maximum atomic E-state index is 12.5. The number of nitrogens with two attached hydrogens (primary N) is 1. The highest BCUT2D eigenvalue weighted by atomic mass is 32.2. The third kappa shape index (κ3) is 4.26. The monoisotopic (exact) mass is 311 g/mol. The summed E-state index contributed by atoms with van der Waals surface area (Å²) in [5.41, 5.74) is 7.29. The summed E-state index contributed by atoms with van der Waals surface area (Å²) in [5, 5.41) is 0. The van der Waals surface area contributed by atoms with Crippen LogP contribution in [-0.2, 0) is 10.0 Å². The summed E-state index contributed by atoms with van der Waals surface area (Å²) < 4.78 is 27.9. The van der Waals surface area contributed by atoms with E-state index in [1.807, 2.05) is 26.0 Å². The van der Waals surface area contributed by atoms with Crippen LogP contribution in [0.15, 0.2) is 23.1 Å². The van der Waals surface area contributed by atoms with E-state index in [-0.39, 0.29) is 6.04 Å². The SMILES string of the molecule is Cc1ccc(C)c(S(=O)(=O)NC2CCN(CCN)CC2)c1. The smallest absolute Gasteiger partial charge is 0.241 e. The average molecular weight is 311 g/mol. The number of nitrogens with zero attached hydrogens (tertiary/aromatic N) is 1. The fourth-order valence-corrected chi connectivity index (χ4v) is 4.37. The lowest BCUT2D eigenvalue weighted by atomic mass is 10.1. The zero-order chi connectivity index (χ0) is 15.5. The van der Waals surface area contributed by atoms with Gasteiger partial charge in [0.25, 0.3) is 0 Å². The Morgan fingerprint density at radius 3 is 2.57 bits per heavy atom. The van der Waals surface area contributed by atoms with E-state index < -0.39 is 10.0 Å². The molecule has 1 heterocycles. The molecule has 0 unspecified atom stereocenters. The fourth-order valence-electron chi connectivity index (χ4n) is 2.74. The van der Waals surface area contributed by atoms with E-state index in [1.54, 1.807) is 6.07 Å². The topological polar surface area (TPSA) is 75.4 Å². The molecule has 0 saturated carbocycles. The number of hydrogen-bond donors (Lipinski definition) is 2. The van der Waals surface area contributed by atoms with Crippen LogP contribution < -0.4 is 10.5 Å². The molecule has 1 aliphatic rings. The number of sulfonamides is 1. The van der Waals surface area contributed by atoms with Gasteiger partial charge in [-0.2, -0.15) is 0 Å². The van der Waals surface area contributed by atoms with Crippen molar-refractivity contribution in [3.05, 3.63) is 29.3 Å². The summed E-state index contributed by atoms with van der Waals surface area (Å²) in [6.07, 6.45) is 1.67. The number of nitrogens with one attached hydrogen (secondary N) is 1. The number of likely N-dealkylation sites (tertiary alicyclic amines) is 1. The molecule has 0 atom stereocenters. The first kappa shape index (κ1) is 16.4. The summed E-state index contributed by atoms with van der Waals surface area (Å²) in [7, 11) is -3.44. The first-order chi connectivity index (χ1) is 9.92. The molecular weight excluding hydrogens is 286 g/mol. The zero-order valence-electron chi connectivity index (χ0n) is 12.8. The Bertz CT molecular complexity index is 579. The van der Waals surface area contributed by atoms with E-state index in [4.69, 9.17) is 5.73 Å². The highest BCUT2D eigenvalue weighted by Crippen LogP contribution is 2.19. The van der Waals surface area contributed by atoms with Gasteiger partial charge in [0, 0.05) is 19.1 Å². The quantitative estimate of drug-likeness (QED) is 0.851. The summed E-state index contributed by atoms with van der Waals surface area (Å²) in [4.78, 5) is 2.68. The molecule has 6 heteroatoms. The van der Waals surface area contributed by atoms with E-state index in [1.165, 1.54) is 0 Å². The van der Waals surface area contributed by atoms with Crippen molar-refractivity contribution < 1.29 is 8.42 Å². The molecule has 0 aromatic heterocycles. The minimum atomic E-state index is -3.44. The third-order valence-electron chi connectivity index (χ3n) is 3.99. The molecule has 2 rings (SSSR count). The Labute approximate surface area is 127 Å². The lowest BCUT2D eigenvalue weighted by molar-refractivity contribution is 0.212. The zero-order valence-corrected chi connectivity index (χ0v) is 13.6. The predicted octanol–water partition coefficient (Wildman–Crippen LogP) is 1.00. The van der Waals surface area contributed by atoms with E-state index in [9.17, 15) is 8.42 Å². The van der Waals surface area contributed by atoms with E-state index >= 15 is 0 Å². The Hall–Kier alpha value is -0.950. The molecule has 1 aromatic carbocycles. The molecule has 0 radical (unpaired) electrons. The predicted molar refractivity (Wildman–Crippen MR) is 84.8 cm³/mol. The lowest BCUT2D eigenvalue weighted by Crippen LogP contribution is -2.45. The molecule has 118 valence electrons. The van der Waals surface area contributed by atoms with Crippen LogP contribution in [0.25, 0.3) is 0 Å². The maximum Gasteiger partial charge on any atom is 0.241 e. The van der Waals surface area contributed by atoms with E-state index in [0.717, 1.165) is 43.6 Å². The summed E-state index contributed by atoms with van der Waals surface area (Å²) in [6.45, 7) is 7.07. The van der Waals surface area contributed by atoms with Crippen molar-refractivity contribution in [1.29, 1.82) is 0 Å². The molecule has 5 nitrogen and oxygen atoms in total. The molecule has 1 saturated heterocycles. The Balaban J connectivity index is 2.04. The van der Waals surface area contributed by atoms with Gasteiger partial charge in [-0.15, -0.1) is 0 Å². The second-order valence-corrected chi connectivity index (χ2v) is 7.48. The van der Waals surface area contributed by atoms with Crippen molar-refractivity contribution in [3.8, 4) is 0 Å². The van der Waals surface area contributed by atoms with Gasteiger partial charge in [-0.25, -0.2) is 13.1 Å². The molecule has 21 heavy (non-hydrogen) atoms. The van der Waals surface area contributed by atoms with E-state index in [0.29, 0.717) is 11.4 Å². The fraction of sp³-hybridized carbons (Fsp3) is 0.600. The molecular formula is C15H25N3O2S. The number of aryl methyl sites for hydroxylation is 2. The van der Waals surface area contributed by atoms with Crippen LogP contribution >= 0.6 is 0 Å². The van der Waals surface area contributed by atoms with Crippen LogP contribution in [0.3, 0.4) is 0 Å². The van der Waals surface area contributed by atoms with Gasteiger partial charge >= 0.3 is 0 Å². The van der Waals surface area contributed by atoms with E-state index in [2.05, 4.69) is 9.62 Å².